The van der Waals surface area contributed by atoms with Crippen molar-refractivity contribution in [1.29, 1.82) is 0 Å². The van der Waals surface area contributed by atoms with E-state index in [2.05, 4.69) is 18.8 Å². The number of nitrogens with zero attached hydrogens (tertiary/aromatic N) is 2. The van der Waals surface area contributed by atoms with Crippen LogP contribution in [0.2, 0.25) is 0 Å². The van der Waals surface area contributed by atoms with Crippen molar-refractivity contribution in [1.82, 2.24) is 4.90 Å². The number of ether oxygens (including phenoxy) is 1. The molecule has 2 heterocycles. The van der Waals surface area contributed by atoms with E-state index >= 15 is 0 Å². The Morgan fingerprint density at radius 1 is 1.14 bits per heavy atom. The van der Waals surface area contributed by atoms with E-state index in [1.165, 1.54) is 18.4 Å². The molecule has 7 heteroatoms. The summed E-state index contributed by atoms with van der Waals surface area (Å²) >= 11 is 1.24. The van der Waals surface area contributed by atoms with Crippen molar-refractivity contribution in [2.24, 2.45) is 17.3 Å². The fraction of sp³-hybridized carbons (Fsp3) is 0.690. The zero-order valence-corrected chi connectivity index (χ0v) is 23.8. The normalized spacial score (nSPS) is 23.1. The van der Waals surface area contributed by atoms with Crippen LogP contribution in [0.3, 0.4) is 0 Å². The standard InChI is InChI=1S/C29H42N2O4S/c1-19(2)30-17-9-8-10-23(27(30)33)31(26(32)21-13-11-20(3)12-14-21)24-18-22(15-16-29(4,5)6)36-25(24)28(34)35-7/h18-21,23H,8-14,17H2,1-7H3/t20?,21?,23-/m0/s1. The second kappa shape index (κ2) is 11.8. The van der Waals surface area contributed by atoms with E-state index in [4.69, 9.17) is 4.74 Å². The second-order valence-corrected chi connectivity index (χ2v) is 12.7. The van der Waals surface area contributed by atoms with Crippen LogP contribution in [0.1, 0.15) is 101 Å². The minimum atomic E-state index is -0.636. The van der Waals surface area contributed by atoms with E-state index in [9.17, 15) is 14.4 Å². The first-order valence-corrected chi connectivity index (χ1v) is 14.1. The van der Waals surface area contributed by atoms with E-state index in [0.717, 1.165) is 38.5 Å². The van der Waals surface area contributed by atoms with Crippen LogP contribution in [0.15, 0.2) is 6.07 Å². The molecule has 0 radical (unpaired) electrons. The number of thiophene rings is 1. The van der Waals surface area contributed by atoms with Gasteiger partial charge in [-0.2, -0.15) is 0 Å². The largest absolute Gasteiger partial charge is 0.465 e. The molecule has 0 N–H and O–H groups in total. The molecule has 1 aromatic heterocycles. The molecule has 198 valence electrons. The monoisotopic (exact) mass is 514 g/mol. The molecular formula is C29H42N2O4S. The number of methoxy groups -OCH3 is 1. The van der Waals surface area contributed by atoms with E-state index < -0.39 is 12.0 Å². The summed E-state index contributed by atoms with van der Waals surface area (Å²) in [5.41, 5.74) is 0.261. The van der Waals surface area contributed by atoms with Crippen molar-refractivity contribution in [2.75, 3.05) is 18.6 Å². The molecule has 2 fully saturated rings. The van der Waals surface area contributed by atoms with Crippen molar-refractivity contribution in [3.05, 3.63) is 15.8 Å². The van der Waals surface area contributed by atoms with Crippen LogP contribution in [-0.4, -0.2) is 48.4 Å². The molecular weight excluding hydrogens is 472 g/mol. The highest BCUT2D eigenvalue weighted by Crippen LogP contribution is 2.38. The third-order valence-corrected chi connectivity index (χ3v) is 8.16. The molecule has 1 saturated heterocycles. The lowest BCUT2D eigenvalue weighted by molar-refractivity contribution is -0.136. The van der Waals surface area contributed by atoms with Gasteiger partial charge in [-0.15, -0.1) is 11.3 Å². The highest BCUT2D eigenvalue weighted by atomic mass is 32.1. The molecule has 6 nitrogen and oxygen atoms in total. The van der Waals surface area contributed by atoms with Crippen molar-refractivity contribution in [2.45, 2.75) is 98.6 Å². The SMILES string of the molecule is COC(=O)c1sc(C#CC(C)(C)C)cc1N(C(=O)C1CCC(C)CC1)[C@H]1CCCCN(C(C)C)C1=O. The molecule has 1 aromatic rings. The number of carbonyl (C=O) groups is 3. The van der Waals surface area contributed by atoms with Gasteiger partial charge >= 0.3 is 5.97 Å². The lowest BCUT2D eigenvalue weighted by atomic mass is 9.82. The van der Waals surface area contributed by atoms with Gasteiger partial charge in [0.25, 0.3) is 0 Å². The zero-order chi connectivity index (χ0) is 26.6. The van der Waals surface area contributed by atoms with Crippen LogP contribution in [0.25, 0.3) is 0 Å². The third-order valence-electron chi connectivity index (χ3n) is 7.14. The maximum Gasteiger partial charge on any atom is 0.350 e. The Kier molecular flexibility index (Phi) is 9.27. The molecule has 1 atom stereocenters. The van der Waals surface area contributed by atoms with Gasteiger partial charge in [-0.05, 0) is 91.5 Å². The van der Waals surface area contributed by atoms with Gasteiger partial charge in [0.2, 0.25) is 11.8 Å². The minimum absolute atomic E-state index is 0.0376. The highest BCUT2D eigenvalue weighted by Gasteiger charge is 2.41. The number of esters is 1. The highest BCUT2D eigenvalue weighted by molar-refractivity contribution is 7.15. The summed E-state index contributed by atoms with van der Waals surface area (Å²) in [4.78, 5) is 45.5. The summed E-state index contributed by atoms with van der Waals surface area (Å²) in [6.45, 7) is 13.0. The average molecular weight is 515 g/mol. The summed E-state index contributed by atoms with van der Waals surface area (Å²) in [5, 5.41) is 0. The molecule has 2 amide bonds. The molecule has 1 aliphatic carbocycles. The summed E-state index contributed by atoms with van der Waals surface area (Å²) in [7, 11) is 1.35. The maximum absolute atomic E-state index is 14.2. The molecule has 0 spiro atoms. The van der Waals surface area contributed by atoms with Gasteiger partial charge in [-0.1, -0.05) is 18.8 Å². The Morgan fingerprint density at radius 2 is 1.81 bits per heavy atom. The Morgan fingerprint density at radius 3 is 2.39 bits per heavy atom. The van der Waals surface area contributed by atoms with Crippen LogP contribution in [-0.2, 0) is 14.3 Å². The first-order valence-electron chi connectivity index (χ1n) is 13.3. The lowest BCUT2D eigenvalue weighted by Gasteiger charge is -2.37. The topological polar surface area (TPSA) is 66.9 Å². The van der Waals surface area contributed by atoms with Gasteiger partial charge in [0.15, 0.2) is 0 Å². The molecule has 0 aromatic carbocycles. The third kappa shape index (κ3) is 6.70. The number of carbonyl (C=O) groups excluding carboxylic acids is 3. The number of rotatable bonds is 5. The van der Waals surface area contributed by atoms with E-state index in [0.29, 0.717) is 34.3 Å². The van der Waals surface area contributed by atoms with E-state index in [-0.39, 0.29) is 29.2 Å². The van der Waals surface area contributed by atoms with Crippen molar-refractivity contribution < 1.29 is 19.1 Å². The summed E-state index contributed by atoms with van der Waals surface area (Å²) in [6, 6.07) is 1.22. The molecule has 36 heavy (non-hydrogen) atoms. The fourth-order valence-corrected chi connectivity index (χ4v) is 5.97. The van der Waals surface area contributed by atoms with Gasteiger partial charge in [0, 0.05) is 23.9 Å². The van der Waals surface area contributed by atoms with Crippen LogP contribution in [0, 0.1) is 29.1 Å². The average Bonchev–Trinajstić information content (AvgIpc) is 3.14. The Labute approximate surface area is 220 Å². The van der Waals surface area contributed by atoms with Crippen molar-refractivity contribution >= 4 is 34.8 Å². The zero-order valence-electron chi connectivity index (χ0n) is 23.0. The number of hydrogen-bond acceptors (Lipinski definition) is 5. The number of likely N-dealkylation sites (tertiary alicyclic amines) is 1. The lowest BCUT2D eigenvalue weighted by Crippen LogP contribution is -2.53. The van der Waals surface area contributed by atoms with Crippen LogP contribution < -0.4 is 4.90 Å². The number of amides is 2. The molecule has 1 aliphatic heterocycles. The first-order chi connectivity index (χ1) is 16.9. The number of hydrogen-bond donors (Lipinski definition) is 0. The van der Waals surface area contributed by atoms with E-state index in [1.54, 1.807) is 4.90 Å². The summed E-state index contributed by atoms with van der Waals surface area (Å²) in [5.74, 6) is 6.26. The predicted octanol–water partition coefficient (Wildman–Crippen LogP) is 5.88. The van der Waals surface area contributed by atoms with Crippen LogP contribution in [0.4, 0.5) is 5.69 Å². The first kappa shape index (κ1) is 28.2. The van der Waals surface area contributed by atoms with Gasteiger partial charge < -0.3 is 9.64 Å². The molecule has 1 saturated carbocycles. The Bertz CT molecular complexity index is 1020. The van der Waals surface area contributed by atoms with Crippen molar-refractivity contribution in [3.63, 3.8) is 0 Å². The quantitative estimate of drug-likeness (QED) is 0.363. The predicted molar refractivity (Wildman–Crippen MR) is 145 cm³/mol. The second-order valence-electron chi connectivity index (χ2n) is 11.6. The molecule has 3 rings (SSSR count). The minimum Gasteiger partial charge on any atom is -0.465 e. The maximum atomic E-state index is 14.2. The van der Waals surface area contributed by atoms with Gasteiger partial charge in [0.05, 0.1) is 17.7 Å². The van der Waals surface area contributed by atoms with Crippen molar-refractivity contribution in [3.8, 4) is 11.8 Å². The van der Waals surface area contributed by atoms with E-state index in [1.807, 2.05) is 45.6 Å². The van der Waals surface area contributed by atoms with Gasteiger partial charge in [-0.25, -0.2) is 4.79 Å². The molecule has 0 unspecified atom stereocenters. The summed E-state index contributed by atoms with van der Waals surface area (Å²) < 4.78 is 5.11. The summed E-state index contributed by atoms with van der Waals surface area (Å²) in [6.07, 6.45) is 5.93. The van der Waals surface area contributed by atoms with Crippen LogP contribution >= 0.6 is 11.3 Å². The molecule has 2 aliphatic rings. The number of anilines is 1. The van der Waals surface area contributed by atoms with Gasteiger partial charge in [-0.3, -0.25) is 14.5 Å². The fourth-order valence-electron chi connectivity index (χ4n) is 5.05. The van der Waals surface area contributed by atoms with Crippen LogP contribution in [0.5, 0.6) is 0 Å². The molecule has 0 bridgehead atoms. The van der Waals surface area contributed by atoms with Gasteiger partial charge in [0.1, 0.15) is 10.9 Å². The smallest absolute Gasteiger partial charge is 0.350 e. The Hall–Kier alpha value is -2.33. The Balaban J connectivity index is 2.14.